The molecule has 6 nitrogen and oxygen atoms in total. The highest BCUT2D eigenvalue weighted by atomic mass is 35.5. The van der Waals surface area contributed by atoms with Gasteiger partial charge < -0.3 is 20.3 Å². The van der Waals surface area contributed by atoms with Gasteiger partial charge in [0.1, 0.15) is 6.04 Å². The Morgan fingerprint density at radius 1 is 1.12 bits per heavy atom. The van der Waals surface area contributed by atoms with Gasteiger partial charge in [0.25, 0.3) is 0 Å². The number of carbonyl (C=O) groups excluding carboxylic acids is 2. The van der Waals surface area contributed by atoms with Gasteiger partial charge in [0.05, 0.1) is 12.0 Å². The monoisotopic (exact) mass is 467 g/mol. The van der Waals surface area contributed by atoms with Crippen molar-refractivity contribution in [2.24, 2.45) is 5.92 Å². The highest BCUT2D eigenvalue weighted by Crippen LogP contribution is 2.33. The van der Waals surface area contributed by atoms with Crippen LogP contribution in [0.4, 0.5) is 0 Å². The maximum Gasteiger partial charge on any atom is 0.245 e. The lowest BCUT2D eigenvalue weighted by Gasteiger charge is -2.40. The number of hydrogen-bond acceptors (Lipinski definition) is 3. The zero-order valence-electron chi connectivity index (χ0n) is 19.0. The molecule has 174 valence electrons. The predicted octanol–water partition coefficient (Wildman–Crippen LogP) is 4.01. The SMILES string of the molecule is CC(C)C(NC(=O)Cc1c[nH]c2ccccc12)C(=O)N1CCC(O)(c2ccc(Cl)cc2)CC1. The average molecular weight is 468 g/mol. The second-order valence-corrected chi connectivity index (χ2v) is 9.63. The summed E-state index contributed by atoms with van der Waals surface area (Å²) >= 11 is 5.97. The summed E-state index contributed by atoms with van der Waals surface area (Å²) in [6.45, 7) is 4.73. The van der Waals surface area contributed by atoms with Crippen LogP contribution in [0.5, 0.6) is 0 Å². The third kappa shape index (κ3) is 5.07. The normalized spacial score (nSPS) is 16.7. The van der Waals surface area contributed by atoms with Crippen LogP contribution in [0.1, 0.15) is 37.8 Å². The number of H-pyrrole nitrogens is 1. The summed E-state index contributed by atoms with van der Waals surface area (Å²) in [7, 11) is 0. The lowest BCUT2D eigenvalue weighted by atomic mass is 9.84. The summed E-state index contributed by atoms with van der Waals surface area (Å²) in [6.07, 6.45) is 2.93. The Hall–Kier alpha value is -2.83. The van der Waals surface area contributed by atoms with Crippen LogP contribution in [0.15, 0.2) is 54.7 Å². The average Bonchev–Trinajstić information content (AvgIpc) is 3.20. The molecular weight excluding hydrogens is 438 g/mol. The molecule has 33 heavy (non-hydrogen) atoms. The summed E-state index contributed by atoms with van der Waals surface area (Å²) in [4.78, 5) is 31.0. The minimum Gasteiger partial charge on any atom is -0.385 e. The first-order chi connectivity index (χ1) is 15.8. The third-order valence-corrected chi connectivity index (χ3v) is 6.81. The number of benzene rings is 2. The van der Waals surface area contributed by atoms with Gasteiger partial charge in [-0.3, -0.25) is 9.59 Å². The van der Waals surface area contributed by atoms with E-state index >= 15 is 0 Å². The van der Waals surface area contributed by atoms with Crippen molar-refractivity contribution in [3.05, 3.63) is 70.9 Å². The molecule has 0 aliphatic carbocycles. The minimum atomic E-state index is -0.979. The van der Waals surface area contributed by atoms with E-state index in [1.54, 1.807) is 17.0 Å². The van der Waals surface area contributed by atoms with Gasteiger partial charge in [-0.2, -0.15) is 0 Å². The summed E-state index contributed by atoms with van der Waals surface area (Å²) < 4.78 is 0. The Labute approximate surface area is 198 Å². The lowest BCUT2D eigenvalue weighted by Crippen LogP contribution is -2.54. The van der Waals surface area contributed by atoms with Crippen LogP contribution in [-0.4, -0.2) is 45.9 Å². The number of aromatic nitrogens is 1. The van der Waals surface area contributed by atoms with E-state index in [9.17, 15) is 14.7 Å². The van der Waals surface area contributed by atoms with Crippen LogP contribution in [-0.2, 0) is 21.6 Å². The molecule has 3 N–H and O–H groups in total. The van der Waals surface area contributed by atoms with Crippen LogP contribution < -0.4 is 5.32 Å². The Morgan fingerprint density at radius 2 is 1.79 bits per heavy atom. The number of nitrogens with zero attached hydrogens (tertiary/aromatic N) is 1. The smallest absolute Gasteiger partial charge is 0.245 e. The van der Waals surface area contributed by atoms with Crippen molar-refractivity contribution >= 4 is 34.3 Å². The largest absolute Gasteiger partial charge is 0.385 e. The fourth-order valence-electron chi connectivity index (χ4n) is 4.53. The Morgan fingerprint density at radius 3 is 2.45 bits per heavy atom. The van der Waals surface area contributed by atoms with Crippen LogP contribution in [0.25, 0.3) is 10.9 Å². The molecule has 2 aromatic carbocycles. The Kier molecular flexibility index (Phi) is 6.77. The second kappa shape index (κ2) is 9.57. The number of piperidine rings is 1. The molecule has 1 aromatic heterocycles. The topological polar surface area (TPSA) is 85.4 Å². The first kappa shape index (κ1) is 23.3. The van der Waals surface area contributed by atoms with Crippen molar-refractivity contribution < 1.29 is 14.7 Å². The molecule has 4 rings (SSSR count). The first-order valence-corrected chi connectivity index (χ1v) is 11.8. The number of hydrogen-bond donors (Lipinski definition) is 3. The molecule has 0 bridgehead atoms. The summed E-state index contributed by atoms with van der Waals surface area (Å²) in [5, 5.41) is 15.7. The quantitative estimate of drug-likeness (QED) is 0.512. The summed E-state index contributed by atoms with van der Waals surface area (Å²) in [6, 6.07) is 14.4. The Bertz CT molecular complexity index is 1130. The lowest BCUT2D eigenvalue weighted by molar-refractivity contribution is -0.141. The Balaban J connectivity index is 1.39. The van der Waals surface area contributed by atoms with Crippen LogP contribution >= 0.6 is 11.6 Å². The first-order valence-electron chi connectivity index (χ1n) is 11.4. The van der Waals surface area contributed by atoms with Gasteiger partial charge in [-0.25, -0.2) is 0 Å². The van der Waals surface area contributed by atoms with E-state index in [0.717, 1.165) is 22.0 Å². The van der Waals surface area contributed by atoms with Crippen molar-refractivity contribution in [2.45, 2.75) is 44.8 Å². The predicted molar refractivity (Wildman–Crippen MR) is 130 cm³/mol. The third-order valence-electron chi connectivity index (χ3n) is 6.56. The van der Waals surface area contributed by atoms with E-state index in [2.05, 4.69) is 10.3 Å². The van der Waals surface area contributed by atoms with Crippen molar-refractivity contribution in [3.8, 4) is 0 Å². The van der Waals surface area contributed by atoms with E-state index in [-0.39, 0.29) is 24.2 Å². The molecule has 1 unspecified atom stereocenters. The number of amides is 2. The van der Waals surface area contributed by atoms with E-state index in [4.69, 9.17) is 11.6 Å². The molecule has 0 spiro atoms. The van der Waals surface area contributed by atoms with Crippen molar-refractivity contribution in [1.29, 1.82) is 0 Å². The number of fused-ring (bicyclic) bond motifs is 1. The molecule has 0 radical (unpaired) electrons. The number of aromatic amines is 1. The molecule has 0 saturated carbocycles. The molecule has 1 atom stereocenters. The fraction of sp³-hybridized carbons (Fsp3) is 0.385. The molecule has 2 heterocycles. The van der Waals surface area contributed by atoms with Crippen molar-refractivity contribution in [1.82, 2.24) is 15.2 Å². The zero-order chi connectivity index (χ0) is 23.6. The summed E-state index contributed by atoms with van der Waals surface area (Å²) in [5.41, 5.74) is 1.72. The highest BCUT2D eigenvalue weighted by Gasteiger charge is 2.38. The van der Waals surface area contributed by atoms with Crippen molar-refractivity contribution in [3.63, 3.8) is 0 Å². The molecule has 7 heteroatoms. The van der Waals surface area contributed by atoms with Gasteiger partial charge in [0.2, 0.25) is 11.8 Å². The molecule has 1 aliphatic rings. The number of nitrogens with one attached hydrogen (secondary N) is 2. The van der Waals surface area contributed by atoms with Gasteiger partial charge in [-0.15, -0.1) is 0 Å². The van der Waals surface area contributed by atoms with Gasteiger partial charge >= 0.3 is 0 Å². The van der Waals surface area contributed by atoms with Gasteiger partial charge in [-0.1, -0.05) is 55.8 Å². The van der Waals surface area contributed by atoms with Gasteiger partial charge in [0, 0.05) is 35.2 Å². The number of likely N-dealkylation sites (tertiary alicyclic amines) is 1. The van der Waals surface area contributed by atoms with Crippen LogP contribution in [0.3, 0.4) is 0 Å². The van der Waals surface area contributed by atoms with Crippen molar-refractivity contribution in [2.75, 3.05) is 13.1 Å². The molecule has 2 amide bonds. The molecule has 1 fully saturated rings. The van der Waals surface area contributed by atoms with E-state index < -0.39 is 11.6 Å². The molecule has 1 aliphatic heterocycles. The second-order valence-electron chi connectivity index (χ2n) is 9.19. The minimum absolute atomic E-state index is 0.0542. The molecular formula is C26H30ClN3O3. The number of halogens is 1. The number of para-hydroxylation sites is 1. The number of aliphatic hydroxyl groups is 1. The van der Waals surface area contributed by atoms with E-state index in [1.165, 1.54) is 0 Å². The van der Waals surface area contributed by atoms with Gasteiger partial charge in [-0.05, 0) is 48.1 Å². The van der Waals surface area contributed by atoms with Crippen LogP contribution in [0.2, 0.25) is 5.02 Å². The number of carbonyl (C=O) groups is 2. The van der Waals surface area contributed by atoms with Crippen LogP contribution in [0, 0.1) is 5.92 Å². The maximum absolute atomic E-state index is 13.3. The molecule has 1 saturated heterocycles. The standard InChI is InChI=1S/C26H30ClN3O3/c1-17(2)24(29-23(31)15-18-16-28-22-6-4-3-5-21(18)22)25(32)30-13-11-26(33,12-14-30)19-7-9-20(27)10-8-19/h3-10,16-17,24,28,33H,11-15H2,1-2H3,(H,29,31). The zero-order valence-corrected chi connectivity index (χ0v) is 19.7. The number of rotatable bonds is 6. The van der Waals surface area contributed by atoms with E-state index in [1.807, 2.05) is 56.4 Å². The van der Waals surface area contributed by atoms with E-state index in [0.29, 0.717) is 31.0 Å². The molecule has 3 aromatic rings. The summed E-state index contributed by atoms with van der Waals surface area (Å²) in [5.74, 6) is -0.335. The fourth-order valence-corrected chi connectivity index (χ4v) is 4.66. The highest BCUT2D eigenvalue weighted by molar-refractivity contribution is 6.30. The maximum atomic E-state index is 13.3. The van der Waals surface area contributed by atoms with Gasteiger partial charge in [0.15, 0.2) is 0 Å².